The smallest absolute Gasteiger partial charge is 0.233 e. The molecule has 182 valence electrons. The Kier molecular flexibility index (Phi) is 8.62. The standard InChI is InChI=1S/C23H31FN8O2/c1-33-9-5-27-20-12-18(3-4-26-20)30-23-29-15-19(24)21(31-23)17-11-16(13-25)22(28-14-17)32-6-2-8-34-10-7-32/h4,11,15-16,19-20,23,27H,2-3,5-10,12,14H2,1H3. The molecule has 4 atom stereocenters. The van der Waals surface area contributed by atoms with Gasteiger partial charge in [0.25, 0.3) is 0 Å². The molecular formula is C23H31FN8O2. The van der Waals surface area contributed by atoms with Gasteiger partial charge in [0, 0.05) is 64.3 Å². The summed E-state index contributed by atoms with van der Waals surface area (Å²) in [5, 5.41) is 13.1. The normalized spacial score (nSPS) is 30.9. The molecule has 4 aliphatic heterocycles. The number of hydrogen-bond donors (Lipinski definition) is 1. The van der Waals surface area contributed by atoms with Gasteiger partial charge in [-0.1, -0.05) is 6.08 Å². The molecule has 0 aromatic heterocycles. The van der Waals surface area contributed by atoms with Crippen LogP contribution in [0.15, 0.2) is 36.6 Å². The highest BCUT2D eigenvalue weighted by Crippen LogP contribution is 2.22. The summed E-state index contributed by atoms with van der Waals surface area (Å²) in [6.07, 6.45) is 4.75. The van der Waals surface area contributed by atoms with E-state index in [-0.39, 0.29) is 18.4 Å². The maximum Gasteiger partial charge on any atom is 0.233 e. The predicted octanol–water partition coefficient (Wildman–Crippen LogP) is 1.20. The molecule has 0 saturated carbocycles. The molecule has 0 aromatic rings. The lowest BCUT2D eigenvalue weighted by Gasteiger charge is -2.29. The summed E-state index contributed by atoms with van der Waals surface area (Å²) in [4.78, 5) is 24.5. The number of nitrogens with one attached hydrogen (secondary N) is 1. The molecule has 4 unspecified atom stereocenters. The number of hydrogen-bond acceptors (Lipinski definition) is 10. The van der Waals surface area contributed by atoms with Gasteiger partial charge in [-0.2, -0.15) is 5.26 Å². The van der Waals surface area contributed by atoms with E-state index < -0.39 is 18.4 Å². The fourth-order valence-corrected chi connectivity index (χ4v) is 4.27. The summed E-state index contributed by atoms with van der Waals surface area (Å²) in [5.74, 6) is 0.177. The Morgan fingerprint density at radius 2 is 2.26 bits per heavy atom. The highest BCUT2D eigenvalue weighted by Gasteiger charge is 2.30. The van der Waals surface area contributed by atoms with Crippen molar-refractivity contribution in [1.82, 2.24) is 10.2 Å². The molecule has 0 bridgehead atoms. The number of halogens is 1. The Hall–Kier alpha value is -2.81. The van der Waals surface area contributed by atoms with E-state index in [1.807, 2.05) is 6.21 Å². The van der Waals surface area contributed by atoms with E-state index in [0.29, 0.717) is 51.3 Å². The van der Waals surface area contributed by atoms with Crippen LogP contribution < -0.4 is 5.32 Å². The first kappa shape index (κ1) is 24.3. The molecule has 0 aliphatic carbocycles. The lowest BCUT2D eigenvalue weighted by atomic mass is 9.96. The van der Waals surface area contributed by atoms with E-state index in [0.717, 1.165) is 24.5 Å². The molecule has 10 nitrogen and oxygen atoms in total. The first-order valence-electron chi connectivity index (χ1n) is 11.7. The minimum absolute atomic E-state index is 0.0674. The Morgan fingerprint density at radius 3 is 3.12 bits per heavy atom. The average Bonchev–Trinajstić information content (AvgIpc) is 3.15. The third-order valence-corrected chi connectivity index (χ3v) is 5.96. The average molecular weight is 471 g/mol. The molecule has 0 aromatic carbocycles. The zero-order valence-electron chi connectivity index (χ0n) is 19.4. The van der Waals surface area contributed by atoms with E-state index >= 15 is 0 Å². The first-order chi connectivity index (χ1) is 16.7. The van der Waals surface area contributed by atoms with Crippen molar-refractivity contribution in [3.8, 4) is 6.07 Å². The van der Waals surface area contributed by atoms with Gasteiger partial charge >= 0.3 is 0 Å². The van der Waals surface area contributed by atoms with Gasteiger partial charge in [0.05, 0.1) is 31.5 Å². The fraction of sp³-hybridized carbons (Fsp3) is 0.652. The molecule has 0 radical (unpaired) electrons. The van der Waals surface area contributed by atoms with Crippen LogP contribution in [0, 0.1) is 17.2 Å². The lowest BCUT2D eigenvalue weighted by Crippen LogP contribution is -2.40. The molecule has 34 heavy (non-hydrogen) atoms. The molecule has 1 saturated heterocycles. The first-order valence-corrected chi connectivity index (χ1v) is 11.7. The van der Waals surface area contributed by atoms with Crippen LogP contribution in [-0.2, 0) is 9.47 Å². The Bertz CT molecular complexity index is 943. The van der Waals surface area contributed by atoms with Crippen molar-refractivity contribution in [1.29, 1.82) is 5.26 Å². The summed E-state index contributed by atoms with van der Waals surface area (Å²) < 4.78 is 25.4. The second-order valence-electron chi connectivity index (χ2n) is 8.38. The van der Waals surface area contributed by atoms with Gasteiger partial charge in [-0.05, 0) is 12.0 Å². The minimum Gasteiger partial charge on any atom is -0.383 e. The predicted molar refractivity (Wildman–Crippen MR) is 130 cm³/mol. The Balaban J connectivity index is 1.45. The number of nitrogens with zero attached hydrogens (tertiary/aromatic N) is 7. The summed E-state index contributed by atoms with van der Waals surface area (Å²) in [6.45, 7) is 4.39. The van der Waals surface area contributed by atoms with Gasteiger partial charge in [0.15, 0.2) is 6.17 Å². The van der Waals surface area contributed by atoms with Gasteiger partial charge in [-0.3, -0.25) is 15.3 Å². The van der Waals surface area contributed by atoms with Crippen molar-refractivity contribution in [2.45, 2.75) is 37.9 Å². The van der Waals surface area contributed by atoms with Gasteiger partial charge in [0.2, 0.25) is 6.29 Å². The molecule has 1 fully saturated rings. The monoisotopic (exact) mass is 470 g/mol. The number of amidine groups is 1. The lowest BCUT2D eigenvalue weighted by molar-refractivity contribution is 0.147. The van der Waals surface area contributed by atoms with Crippen LogP contribution in [-0.4, -0.2) is 106 Å². The zero-order valence-corrected chi connectivity index (χ0v) is 19.4. The van der Waals surface area contributed by atoms with Crippen molar-refractivity contribution >= 4 is 29.7 Å². The second-order valence-corrected chi connectivity index (χ2v) is 8.38. The molecule has 1 N–H and O–H groups in total. The van der Waals surface area contributed by atoms with Crippen molar-refractivity contribution < 1.29 is 13.9 Å². The van der Waals surface area contributed by atoms with E-state index in [2.05, 4.69) is 41.2 Å². The van der Waals surface area contributed by atoms with Crippen molar-refractivity contribution in [3.05, 3.63) is 11.6 Å². The molecule has 11 heteroatoms. The van der Waals surface area contributed by atoms with Crippen molar-refractivity contribution in [2.75, 3.05) is 53.1 Å². The van der Waals surface area contributed by atoms with Crippen molar-refractivity contribution in [3.63, 3.8) is 0 Å². The Labute approximate surface area is 199 Å². The van der Waals surface area contributed by atoms with E-state index in [4.69, 9.17) is 9.47 Å². The molecule has 4 aliphatic rings. The van der Waals surface area contributed by atoms with Crippen LogP contribution in [0.1, 0.15) is 19.3 Å². The van der Waals surface area contributed by atoms with Gasteiger partial charge in [0.1, 0.15) is 17.9 Å². The number of ether oxygens (including phenoxy) is 2. The number of alkyl halides is 1. The largest absolute Gasteiger partial charge is 0.383 e. The SMILES string of the molecule is COCCNC1CC(=NC2N=CC(F)C(C3=CC(C#N)C(N4CCCOCC4)=NC3)=N2)CC=N1. The molecule has 4 rings (SSSR count). The topological polar surface area (TPSA) is 119 Å². The van der Waals surface area contributed by atoms with Crippen LogP contribution in [0.4, 0.5) is 4.39 Å². The highest BCUT2D eigenvalue weighted by molar-refractivity contribution is 6.14. The maximum absolute atomic E-state index is 14.8. The third kappa shape index (κ3) is 6.20. The number of nitriles is 1. The van der Waals surface area contributed by atoms with Crippen molar-refractivity contribution in [2.24, 2.45) is 30.9 Å². The van der Waals surface area contributed by atoms with Gasteiger partial charge < -0.3 is 14.4 Å². The van der Waals surface area contributed by atoms with E-state index in [9.17, 15) is 9.65 Å². The maximum atomic E-state index is 14.8. The van der Waals surface area contributed by atoms with E-state index in [1.54, 1.807) is 13.2 Å². The third-order valence-electron chi connectivity index (χ3n) is 5.96. The molecule has 0 spiro atoms. The van der Waals surface area contributed by atoms with Crippen LogP contribution in [0.2, 0.25) is 0 Å². The number of aliphatic imine (C=N–C) groups is 5. The fourth-order valence-electron chi connectivity index (χ4n) is 4.27. The van der Waals surface area contributed by atoms with Crippen LogP contribution in [0.5, 0.6) is 0 Å². The highest BCUT2D eigenvalue weighted by atomic mass is 19.1. The second kappa shape index (κ2) is 12.1. The van der Waals surface area contributed by atoms with Crippen LogP contribution >= 0.6 is 0 Å². The summed E-state index contributed by atoms with van der Waals surface area (Å²) in [7, 11) is 1.66. The number of rotatable bonds is 6. The number of dihydropyridines is 1. The molecule has 0 amide bonds. The van der Waals surface area contributed by atoms with Gasteiger partial charge in [-0.15, -0.1) is 0 Å². The minimum atomic E-state index is -1.44. The zero-order chi connectivity index (χ0) is 23.8. The summed E-state index contributed by atoms with van der Waals surface area (Å²) >= 11 is 0. The van der Waals surface area contributed by atoms with Crippen LogP contribution in [0.25, 0.3) is 0 Å². The Morgan fingerprint density at radius 1 is 1.35 bits per heavy atom. The van der Waals surface area contributed by atoms with Gasteiger partial charge in [-0.25, -0.2) is 19.4 Å². The number of methoxy groups -OCH3 is 1. The van der Waals surface area contributed by atoms with Crippen LogP contribution in [0.3, 0.4) is 0 Å². The summed E-state index contributed by atoms with van der Waals surface area (Å²) in [6, 6.07) is 2.30. The quantitative estimate of drug-likeness (QED) is 0.585. The summed E-state index contributed by atoms with van der Waals surface area (Å²) in [5.41, 5.74) is 1.78. The molecule has 4 heterocycles. The van der Waals surface area contributed by atoms with E-state index in [1.165, 1.54) is 6.21 Å². The molecular weight excluding hydrogens is 439 g/mol.